The van der Waals surface area contributed by atoms with Crippen molar-refractivity contribution in [3.8, 4) is 0 Å². The summed E-state index contributed by atoms with van der Waals surface area (Å²) in [6.07, 6.45) is 1.74. The molecule has 1 aliphatic rings. The Kier molecular flexibility index (Phi) is 3.82. The molecule has 1 aromatic rings. The second kappa shape index (κ2) is 5.17. The smallest absolute Gasteiger partial charge is 0.195 e. The Balaban J connectivity index is 2.31. The van der Waals surface area contributed by atoms with Crippen LogP contribution in [0.1, 0.15) is 29.5 Å². The van der Waals surface area contributed by atoms with E-state index in [4.69, 9.17) is 15.2 Å². The maximum absolute atomic E-state index is 5.87. The van der Waals surface area contributed by atoms with E-state index in [-0.39, 0.29) is 0 Å². The summed E-state index contributed by atoms with van der Waals surface area (Å²) < 4.78 is 11.7. The topological polar surface area (TPSA) is 44.5 Å². The average molecular weight is 235 g/mol. The molecule has 0 unspecified atom stereocenters. The Labute approximate surface area is 103 Å². The largest absolute Gasteiger partial charge is 0.343 e. The fraction of sp³-hybridized carbons (Fsp3) is 0.571. The number of ether oxygens (including phenoxy) is 2. The fourth-order valence-electron chi connectivity index (χ4n) is 2.46. The first kappa shape index (κ1) is 12.6. The molecule has 3 heteroatoms. The molecule has 1 saturated heterocycles. The standard InChI is InChI=1S/C14H21NO2/c1-11-4-5-13(12(2)10-11)14(6-3-7-15)16-8-9-17-14/h4-5,10H,3,6-9,15H2,1-2H3. The number of nitrogens with two attached hydrogens (primary N) is 1. The maximum atomic E-state index is 5.87. The molecule has 0 amide bonds. The molecular weight excluding hydrogens is 214 g/mol. The van der Waals surface area contributed by atoms with Crippen LogP contribution in [-0.2, 0) is 15.3 Å². The van der Waals surface area contributed by atoms with Crippen molar-refractivity contribution in [2.45, 2.75) is 32.5 Å². The van der Waals surface area contributed by atoms with Gasteiger partial charge in [0.2, 0.25) is 0 Å². The minimum atomic E-state index is -0.558. The quantitative estimate of drug-likeness (QED) is 0.870. The second-order valence-electron chi connectivity index (χ2n) is 4.66. The average Bonchev–Trinajstić information content (AvgIpc) is 2.76. The Hall–Kier alpha value is -0.900. The van der Waals surface area contributed by atoms with Crippen LogP contribution in [-0.4, -0.2) is 19.8 Å². The van der Waals surface area contributed by atoms with Crippen molar-refractivity contribution in [3.63, 3.8) is 0 Å². The second-order valence-corrected chi connectivity index (χ2v) is 4.66. The molecular formula is C14H21NO2. The van der Waals surface area contributed by atoms with Gasteiger partial charge in [-0.3, -0.25) is 0 Å². The lowest BCUT2D eigenvalue weighted by Gasteiger charge is -2.29. The molecule has 3 nitrogen and oxygen atoms in total. The van der Waals surface area contributed by atoms with Crippen LogP contribution in [0, 0.1) is 13.8 Å². The van der Waals surface area contributed by atoms with E-state index in [0.717, 1.165) is 18.4 Å². The molecule has 17 heavy (non-hydrogen) atoms. The van der Waals surface area contributed by atoms with E-state index in [1.807, 2.05) is 0 Å². The van der Waals surface area contributed by atoms with Crippen molar-refractivity contribution in [2.24, 2.45) is 5.73 Å². The van der Waals surface area contributed by atoms with Gasteiger partial charge in [0.05, 0.1) is 13.2 Å². The molecule has 2 rings (SSSR count). The molecule has 1 aromatic carbocycles. The van der Waals surface area contributed by atoms with E-state index >= 15 is 0 Å². The zero-order chi connectivity index (χ0) is 12.3. The van der Waals surface area contributed by atoms with Crippen molar-refractivity contribution >= 4 is 0 Å². The highest BCUT2D eigenvalue weighted by molar-refractivity contribution is 5.34. The van der Waals surface area contributed by atoms with Gasteiger partial charge in [0.25, 0.3) is 0 Å². The van der Waals surface area contributed by atoms with Crippen LogP contribution in [0.2, 0.25) is 0 Å². The highest BCUT2D eigenvalue weighted by atomic mass is 16.7. The van der Waals surface area contributed by atoms with Crippen LogP contribution >= 0.6 is 0 Å². The highest BCUT2D eigenvalue weighted by Crippen LogP contribution is 2.37. The lowest BCUT2D eigenvalue weighted by atomic mass is 9.95. The summed E-state index contributed by atoms with van der Waals surface area (Å²) in [6.45, 7) is 6.20. The summed E-state index contributed by atoms with van der Waals surface area (Å²) >= 11 is 0. The molecule has 0 radical (unpaired) electrons. The lowest BCUT2D eigenvalue weighted by Crippen LogP contribution is -2.29. The van der Waals surface area contributed by atoms with Gasteiger partial charge in [-0.15, -0.1) is 0 Å². The SMILES string of the molecule is Cc1ccc(C2(CCCN)OCCO2)c(C)c1. The minimum absolute atomic E-state index is 0.558. The number of hydrogen-bond donors (Lipinski definition) is 1. The van der Waals surface area contributed by atoms with Crippen LogP contribution in [0.25, 0.3) is 0 Å². The highest BCUT2D eigenvalue weighted by Gasteiger charge is 2.38. The first-order valence-corrected chi connectivity index (χ1v) is 6.24. The van der Waals surface area contributed by atoms with E-state index in [9.17, 15) is 0 Å². The number of rotatable bonds is 4. The third-order valence-electron chi connectivity index (χ3n) is 3.26. The van der Waals surface area contributed by atoms with Gasteiger partial charge in [0.15, 0.2) is 5.79 Å². The Morgan fingerprint density at radius 3 is 2.53 bits per heavy atom. The normalized spacial score (nSPS) is 18.5. The summed E-state index contributed by atoms with van der Waals surface area (Å²) in [5, 5.41) is 0. The van der Waals surface area contributed by atoms with Gasteiger partial charge >= 0.3 is 0 Å². The van der Waals surface area contributed by atoms with Crippen molar-refractivity contribution < 1.29 is 9.47 Å². The lowest BCUT2D eigenvalue weighted by molar-refractivity contribution is -0.171. The summed E-state index contributed by atoms with van der Waals surface area (Å²) in [5.74, 6) is -0.558. The molecule has 0 bridgehead atoms. The zero-order valence-corrected chi connectivity index (χ0v) is 10.7. The molecule has 0 atom stereocenters. The van der Waals surface area contributed by atoms with Gasteiger partial charge in [-0.25, -0.2) is 0 Å². The zero-order valence-electron chi connectivity index (χ0n) is 10.7. The molecule has 1 fully saturated rings. The summed E-state index contributed by atoms with van der Waals surface area (Å²) in [6, 6.07) is 6.40. The van der Waals surface area contributed by atoms with Crippen molar-refractivity contribution in [3.05, 3.63) is 34.9 Å². The Bertz CT molecular complexity index is 384. The Morgan fingerprint density at radius 2 is 1.94 bits per heavy atom. The molecule has 0 aromatic heterocycles. The summed E-state index contributed by atoms with van der Waals surface area (Å²) in [7, 11) is 0. The van der Waals surface area contributed by atoms with Gasteiger partial charge in [-0.1, -0.05) is 23.8 Å². The molecule has 94 valence electrons. The monoisotopic (exact) mass is 235 g/mol. The van der Waals surface area contributed by atoms with E-state index in [0.29, 0.717) is 19.8 Å². The van der Waals surface area contributed by atoms with Gasteiger partial charge in [-0.05, 0) is 32.4 Å². The first-order chi connectivity index (χ1) is 8.18. The van der Waals surface area contributed by atoms with E-state index in [1.165, 1.54) is 11.1 Å². The third-order valence-corrected chi connectivity index (χ3v) is 3.26. The van der Waals surface area contributed by atoms with Gasteiger partial charge in [-0.2, -0.15) is 0 Å². The van der Waals surface area contributed by atoms with Gasteiger partial charge < -0.3 is 15.2 Å². The van der Waals surface area contributed by atoms with Crippen LogP contribution in [0.5, 0.6) is 0 Å². The predicted octanol–water partition coefficient (Wildman–Crippen LogP) is 2.24. The van der Waals surface area contributed by atoms with E-state index < -0.39 is 5.79 Å². The van der Waals surface area contributed by atoms with Crippen LogP contribution < -0.4 is 5.73 Å². The number of aryl methyl sites for hydroxylation is 2. The molecule has 1 heterocycles. The van der Waals surface area contributed by atoms with Crippen LogP contribution in [0.15, 0.2) is 18.2 Å². The fourth-order valence-corrected chi connectivity index (χ4v) is 2.46. The van der Waals surface area contributed by atoms with Crippen LogP contribution in [0.4, 0.5) is 0 Å². The number of benzene rings is 1. The molecule has 1 aliphatic heterocycles. The molecule has 0 aliphatic carbocycles. The first-order valence-electron chi connectivity index (χ1n) is 6.24. The Morgan fingerprint density at radius 1 is 1.24 bits per heavy atom. The van der Waals surface area contributed by atoms with Crippen LogP contribution in [0.3, 0.4) is 0 Å². The van der Waals surface area contributed by atoms with Crippen molar-refractivity contribution in [1.29, 1.82) is 0 Å². The molecule has 0 spiro atoms. The van der Waals surface area contributed by atoms with Crippen molar-refractivity contribution in [2.75, 3.05) is 19.8 Å². The van der Waals surface area contributed by atoms with Gasteiger partial charge in [0.1, 0.15) is 0 Å². The van der Waals surface area contributed by atoms with Crippen molar-refractivity contribution in [1.82, 2.24) is 0 Å². The van der Waals surface area contributed by atoms with Gasteiger partial charge in [0, 0.05) is 12.0 Å². The molecule has 0 saturated carbocycles. The third kappa shape index (κ3) is 2.51. The summed E-state index contributed by atoms with van der Waals surface area (Å²) in [4.78, 5) is 0. The predicted molar refractivity (Wildman–Crippen MR) is 67.8 cm³/mol. The maximum Gasteiger partial charge on any atom is 0.195 e. The molecule has 2 N–H and O–H groups in total. The van der Waals surface area contributed by atoms with E-state index in [1.54, 1.807) is 0 Å². The minimum Gasteiger partial charge on any atom is -0.343 e. The number of hydrogen-bond acceptors (Lipinski definition) is 3. The summed E-state index contributed by atoms with van der Waals surface area (Å²) in [5.41, 5.74) is 9.23. The van der Waals surface area contributed by atoms with E-state index in [2.05, 4.69) is 32.0 Å².